The van der Waals surface area contributed by atoms with Crippen LogP contribution in [0.25, 0.3) is 0 Å². The zero-order valence-electron chi connectivity index (χ0n) is 9.95. The third kappa shape index (κ3) is 2.11. The maximum atomic E-state index is 13.0. The maximum absolute atomic E-state index is 13.0. The van der Waals surface area contributed by atoms with Crippen molar-refractivity contribution in [2.45, 2.75) is 31.5 Å². The highest BCUT2D eigenvalue weighted by atomic mass is 19.1. The van der Waals surface area contributed by atoms with Gasteiger partial charge in [0.05, 0.1) is 6.17 Å². The normalized spacial score (nSPS) is 30.2. The van der Waals surface area contributed by atoms with E-state index in [9.17, 15) is 9.18 Å². The number of halogens is 1. The van der Waals surface area contributed by atoms with Crippen LogP contribution in [0.3, 0.4) is 0 Å². The Bertz CT molecular complexity index is 465. The van der Waals surface area contributed by atoms with Gasteiger partial charge in [-0.05, 0) is 31.0 Å². The fraction of sp³-hybridized carbons (Fsp3) is 0.462. The molecular weight excluding hydrogens is 233 g/mol. The molecule has 3 rings (SSSR count). The smallest absolute Gasteiger partial charge is 0.252 e. The lowest BCUT2D eigenvalue weighted by molar-refractivity contribution is 0.0921. The van der Waals surface area contributed by atoms with Gasteiger partial charge >= 0.3 is 0 Å². The fourth-order valence-corrected chi connectivity index (χ4v) is 2.87. The molecule has 1 aliphatic heterocycles. The molecule has 3 unspecified atom stereocenters. The monoisotopic (exact) mass is 249 g/mol. The summed E-state index contributed by atoms with van der Waals surface area (Å²) < 4.78 is 13.0. The Labute approximate surface area is 105 Å². The zero-order valence-corrected chi connectivity index (χ0v) is 9.95. The van der Waals surface area contributed by atoms with Gasteiger partial charge in [0.25, 0.3) is 5.91 Å². The molecule has 2 fully saturated rings. The Morgan fingerprint density at radius 2 is 2.22 bits per heavy atom. The van der Waals surface area contributed by atoms with Gasteiger partial charge in [-0.1, -0.05) is 12.5 Å². The van der Waals surface area contributed by atoms with Crippen molar-refractivity contribution >= 4 is 5.91 Å². The van der Waals surface area contributed by atoms with Crippen LogP contribution in [0.15, 0.2) is 24.3 Å². The molecule has 4 nitrogen and oxygen atoms in total. The van der Waals surface area contributed by atoms with Gasteiger partial charge in [0, 0.05) is 17.5 Å². The van der Waals surface area contributed by atoms with Gasteiger partial charge in [0.1, 0.15) is 5.82 Å². The number of carbonyl (C=O) groups excluding carboxylic acids is 1. The van der Waals surface area contributed by atoms with E-state index in [2.05, 4.69) is 16.2 Å². The number of nitrogens with one attached hydrogen (secondary N) is 3. The molecule has 18 heavy (non-hydrogen) atoms. The lowest BCUT2D eigenvalue weighted by atomic mass is 10.0. The predicted octanol–water partition coefficient (Wildman–Crippen LogP) is 1.16. The van der Waals surface area contributed by atoms with E-state index in [1.165, 1.54) is 18.6 Å². The minimum Gasteiger partial charge on any atom is -0.335 e. The molecule has 0 radical (unpaired) electrons. The van der Waals surface area contributed by atoms with Crippen molar-refractivity contribution in [3.63, 3.8) is 0 Å². The van der Waals surface area contributed by atoms with Gasteiger partial charge in [-0.3, -0.25) is 10.2 Å². The van der Waals surface area contributed by atoms with Crippen LogP contribution < -0.4 is 16.2 Å². The summed E-state index contributed by atoms with van der Waals surface area (Å²) in [7, 11) is 0. The summed E-state index contributed by atoms with van der Waals surface area (Å²) >= 11 is 0. The third-order valence-electron chi connectivity index (χ3n) is 3.80. The van der Waals surface area contributed by atoms with Gasteiger partial charge in [0.15, 0.2) is 0 Å². The number of carbonyl (C=O) groups is 1. The molecule has 5 heteroatoms. The number of hydrogen-bond acceptors (Lipinski definition) is 3. The van der Waals surface area contributed by atoms with Crippen LogP contribution in [0.1, 0.15) is 29.6 Å². The van der Waals surface area contributed by atoms with Crippen LogP contribution in [0, 0.1) is 11.7 Å². The van der Waals surface area contributed by atoms with Gasteiger partial charge < -0.3 is 5.32 Å². The van der Waals surface area contributed by atoms with Crippen molar-refractivity contribution in [3.05, 3.63) is 35.6 Å². The van der Waals surface area contributed by atoms with Crippen molar-refractivity contribution in [1.82, 2.24) is 16.2 Å². The lowest BCUT2D eigenvalue weighted by Crippen LogP contribution is -2.47. The molecule has 1 saturated heterocycles. The van der Waals surface area contributed by atoms with E-state index in [1.54, 1.807) is 12.1 Å². The number of benzene rings is 1. The highest BCUT2D eigenvalue weighted by Crippen LogP contribution is 2.30. The summed E-state index contributed by atoms with van der Waals surface area (Å²) in [5, 5.41) is 2.91. The summed E-state index contributed by atoms with van der Waals surface area (Å²) in [6.07, 6.45) is 3.38. The molecule has 0 aromatic heterocycles. The van der Waals surface area contributed by atoms with Crippen molar-refractivity contribution in [2.24, 2.45) is 5.92 Å². The standard InChI is InChI=1S/C13H16FN3O/c14-9-4-1-3-8(7-9)13(18)15-12-10-5-2-6-11(10)16-17-12/h1,3-4,7,10-12,16-17H,2,5-6H2,(H,15,18). The Morgan fingerprint density at radius 1 is 1.33 bits per heavy atom. The van der Waals surface area contributed by atoms with Crippen molar-refractivity contribution in [3.8, 4) is 0 Å². The second-order valence-electron chi connectivity index (χ2n) is 4.95. The van der Waals surface area contributed by atoms with Crippen LogP contribution in [0.4, 0.5) is 4.39 Å². The van der Waals surface area contributed by atoms with Crippen molar-refractivity contribution < 1.29 is 9.18 Å². The predicted molar refractivity (Wildman–Crippen MR) is 65.1 cm³/mol. The summed E-state index contributed by atoms with van der Waals surface area (Å²) in [5.41, 5.74) is 6.66. The van der Waals surface area contributed by atoms with E-state index in [1.807, 2.05) is 0 Å². The molecule has 1 aromatic carbocycles. The first-order valence-corrected chi connectivity index (χ1v) is 6.31. The van der Waals surface area contributed by atoms with Crippen molar-refractivity contribution in [2.75, 3.05) is 0 Å². The Balaban J connectivity index is 1.68. The molecule has 1 aliphatic carbocycles. The summed E-state index contributed by atoms with van der Waals surface area (Å²) in [4.78, 5) is 12.0. The van der Waals surface area contributed by atoms with E-state index in [-0.39, 0.29) is 17.9 Å². The average molecular weight is 249 g/mol. The van der Waals surface area contributed by atoms with Gasteiger partial charge in [0.2, 0.25) is 0 Å². The Morgan fingerprint density at radius 3 is 3.06 bits per heavy atom. The number of rotatable bonds is 2. The van der Waals surface area contributed by atoms with E-state index in [4.69, 9.17) is 0 Å². The summed E-state index contributed by atoms with van der Waals surface area (Å²) in [5.74, 6) is -0.192. The largest absolute Gasteiger partial charge is 0.335 e. The highest BCUT2D eigenvalue weighted by molar-refractivity contribution is 5.94. The van der Waals surface area contributed by atoms with Crippen LogP contribution in [-0.4, -0.2) is 18.1 Å². The fourth-order valence-electron chi connectivity index (χ4n) is 2.87. The highest BCUT2D eigenvalue weighted by Gasteiger charge is 2.39. The molecule has 0 bridgehead atoms. The molecule has 1 saturated carbocycles. The third-order valence-corrected chi connectivity index (χ3v) is 3.80. The van der Waals surface area contributed by atoms with Crippen LogP contribution in [0.5, 0.6) is 0 Å². The van der Waals surface area contributed by atoms with E-state index in [0.717, 1.165) is 12.8 Å². The summed E-state index contributed by atoms with van der Waals surface area (Å²) in [6.45, 7) is 0. The first-order valence-electron chi connectivity index (χ1n) is 6.31. The molecule has 3 atom stereocenters. The molecule has 2 aliphatic rings. The van der Waals surface area contributed by atoms with Crippen LogP contribution >= 0.6 is 0 Å². The molecule has 3 N–H and O–H groups in total. The minimum atomic E-state index is -0.390. The number of fused-ring (bicyclic) bond motifs is 1. The number of hydrazine groups is 1. The second-order valence-corrected chi connectivity index (χ2v) is 4.95. The van der Waals surface area contributed by atoms with Crippen LogP contribution in [-0.2, 0) is 0 Å². The SMILES string of the molecule is O=C(NC1NNC2CCCC21)c1cccc(F)c1. The van der Waals surface area contributed by atoms with Gasteiger partial charge in [-0.25, -0.2) is 9.82 Å². The van der Waals surface area contributed by atoms with Gasteiger partial charge in [-0.2, -0.15) is 0 Å². The Kier molecular flexibility index (Phi) is 3.01. The molecule has 1 amide bonds. The van der Waals surface area contributed by atoms with E-state index >= 15 is 0 Å². The molecule has 1 heterocycles. The van der Waals surface area contributed by atoms with Crippen molar-refractivity contribution in [1.29, 1.82) is 0 Å². The first-order chi connectivity index (χ1) is 8.74. The quantitative estimate of drug-likeness (QED) is 0.737. The van der Waals surface area contributed by atoms with E-state index < -0.39 is 0 Å². The second kappa shape index (κ2) is 4.66. The first kappa shape index (κ1) is 11.6. The number of amides is 1. The van der Waals surface area contributed by atoms with Crippen LogP contribution in [0.2, 0.25) is 0 Å². The Hall–Kier alpha value is -1.46. The van der Waals surface area contributed by atoms with Gasteiger partial charge in [-0.15, -0.1) is 0 Å². The topological polar surface area (TPSA) is 53.2 Å². The molecule has 1 aromatic rings. The minimum absolute atomic E-state index is 0.0618. The molecule has 0 spiro atoms. The zero-order chi connectivity index (χ0) is 12.5. The molecular formula is C13H16FN3O. The van der Waals surface area contributed by atoms with E-state index in [0.29, 0.717) is 17.5 Å². The number of hydrogen-bond donors (Lipinski definition) is 3. The lowest BCUT2D eigenvalue weighted by Gasteiger charge is -2.18. The maximum Gasteiger partial charge on any atom is 0.252 e. The molecule has 96 valence electrons. The average Bonchev–Trinajstić information content (AvgIpc) is 2.94. The summed E-state index contributed by atoms with van der Waals surface area (Å²) in [6, 6.07) is 6.20.